The molecule has 7 heteroatoms. The molecule has 0 unspecified atom stereocenters. The Morgan fingerprint density at radius 3 is 2.89 bits per heavy atom. The lowest BCUT2D eigenvalue weighted by Crippen LogP contribution is -2.47. The van der Waals surface area contributed by atoms with Crippen LogP contribution in [0.25, 0.3) is 22.1 Å². The number of anilines is 1. The molecule has 1 saturated heterocycles. The Morgan fingerprint density at radius 2 is 2.00 bits per heavy atom. The van der Waals surface area contributed by atoms with Crippen LogP contribution < -0.4 is 4.90 Å². The number of fused-ring (bicyclic) bond motifs is 5. The number of hydrogen-bond acceptors (Lipinski definition) is 6. The number of H-pyrrole nitrogens is 1. The molecule has 142 valence electrons. The molecule has 0 amide bonds. The number of oxazole rings is 1. The third kappa shape index (κ3) is 2.22. The number of aromatic nitrogens is 4. The van der Waals surface area contributed by atoms with Crippen molar-refractivity contribution < 1.29 is 9.15 Å². The summed E-state index contributed by atoms with van der Waals surface area (Å²) in [6.07, 6.45) is 4.35. The number of benzene rings is 1. The number of rotatable bonds is 1. The van der Waals surface area contributed by atoms with Gasteiger partial charge in [0.2, 0.25) is 0 Å². The molecule has 4 aromatic rings. The van der Waals surface area contributed by atoms with Gasteiger partial charge in [-0.3, -0.25) is 0 Å². The third-order valence-electron chi connectivity index (χ3n) is 6.15. The Morgan fingerprint density at radius 1 is 1.14 bits per heavy atom. The zero-order valence-corrected chi connectivity index (χ0v) is 15.7. The second kappa shape index (κ2) is 5.78. The Hall–Kier alpha value is -2.93. The molecule has 7 nitrogen and oxygen atoms in total. The van der Waals surface area contributed by atoms with Gasteiger partial charge < -0.3 is 19.0 Å². The first-order valence-corrected chi connectivity index (χ1v) is 9.81. The van der Waals surface area contributed by atoms with Crippen LogP contribution in [0.4, 0.5) is 5.82 Å². The van der Waals surface area contributed by atoms with Crippen LogP contribution in [-0.2, 0) is 16.8 Å². The average Bonchev–Trinajstić information content (AvgIpc) is 3.29. The fourth-order valence-corrected chi connectivity index (χ4v) is 4.82. The van der Waals surface area contributed by atoms with Crippen molar-refractivity contribution in [2.75, 3.05) is 24.6 Å². The van der Waals surface area contributed by atoms with Crippen LogP contribution in [0.15, 0.2) is 35.0 Å². The van der Waals surface area contributed by atoms with Gasteiger partial charge in [0.25, 0.3) is 5.71 Å². The van der Waals surface area contributed by atoms with Crippen LogP contribution in [-0.4, -0.2) is 39.6 Å². The zero-order chi connectivity index (χ0) is 18.7. The van der Waals surface area contributed by atoms with Gasteiger partial charge in [0, 0.05) is 30.9 Å². The molecule has 1 fully saturated rings. The monoisotopic (exact) mass is 375 g/mol. The van der Waals surface area contributed by atoms with Gasteiger partial charge in [-0.2, -0.15) is 4.98 Å². The summed E-state index contributed by atoms with van der Waals surface area (Å²) in [7, 11) is 0. The molecule has 1 N–H and O–H groups in total. The fourth-order valence-electron chi connectivity index (χ4n) is 4.82. The van der Waals surface area contributed by atoms with Crippen molar-refractivity contribution in [2.45, 2.75) is 31.8 Å². The van der Waals surface area contributed by atoms with E-state index in [4.69, 9.17) is 9.15 Å². The van der Waals surface area contributed by atoms with Gasteiger partial charge in [0.05, 0.1) is 12.3 Å². The fraction of sp³-hybridized carbons (Fsp3) is 0.381. The van der Waals surface area contributed by atoms with Gasteiger partial charge in [-0.15, -0.1) is 0 Å². The summed E-state index contributed by atoms with van der Waals surface area (Å²) in [5.74, 6) is 1.47. The van der Waals surface area contributed by atoms with Crippen LogP contribution in [0.3, 0.4) is 0 Å². The number of ether oxygens (including phenoxy) is 1. The lowest BCUT2D eigenvalue weighted by Gasteiger charge is -2.44. The average molecular weight is 375 g/mol. The maximum absolute atomic E-state index is 6.41. The summed E-state index contributed by atoms with van der Waals surface area (Å²) in [6, 6.07) is 8.56. The Kier molecular flexibility index (Phi) is 3.32. The number of aryl methyl sites for hydroxylation is 1. The second-order valence-electron chi connectivity index (χ2n) is 7.69. The molecule has 0 saturated carbocycles. The predicted molar refractivity (Wildman–Crippen MR) is 105 cm³/mol. The van der Waals surface area contributed by atoms with Gasteiger partial charge in [-0.1, -0.05) is 18.2 Å². The molecule has 0 atom stereocenters. The first kappa shape index (κ1) is 16.1. The highest BCUT2D eigenvalue weighted by molar-refractivity contribution is 5.85. The molecule has 1 aromatic carbocycles. The van der Waals surface area contributed by atoms with E-state index in [0.29, 0.717) is 11.6 Å². The van der Waals surface area contributed by atoms with E-state index in [1.54, 1.807) is 6.33 Å². The van der Waals surface area contributed by atoms with E-state index < -0.39 is 0 Å². The minimum absolute atomic E-state index is 0.241. The standard InChI is InChI=1S/C21H21N5O2/c1-13-24-17-19(22-12-23-20(17)28-13)26-9-7-21(8-10-26)18-15(6-11-27-21)14-4-2-3-5-16(14)25-18/h2-5,12,25H,6-11H2,1H3. The minimum Gasteiger partial charge on any atom is -0.422 e. The zero-order valence-electron chi connectivity index (χ0n) is 15.7. The summed E-state index contributed by atoms with van der Waals surface area (Å²) in [6.45, 7) is 4.32. The maximum atomic E-state index is 6.41. The highest BCUT2D eigenvalue weighted by Crippen LogP contribution is 2.44. The van der Waals surface area contributed by atoms with Crippen LogP contribution in [0, 0.1) is 6.92 Å². The van der Waals surface area contributed by atoms with Crippen molar-refractivity contribution >= 4 is 28.0 Å². The van der Waals surface area contributed by atoms with Crippen molar-refractivity contribution in [3.63, 3.8) is 0 Å². The highest BCUT2D eigenvalue weighted by atomic mass is 16.5. The molecule has 0 aliphatic carbocycles. The van der Waals surface area contributed by atoms with E-state index in [1.807, 2.05) is 6.92 Å². The maximum Gasteiger partial charge on any atom is 0.252 e. The van der Waals surface area contributed by atoms with Gasteiger partial charge in [-0.25, -0.2) is 9.97 Å². The largest absolute Gasteiger partial charge is 0.422 e. The van der Waals surface area contributed by atoms with E-state index in [9.17, 15) is 0 Å². The first-order chi connectivity index (χ1) is 13.7. The lowest BCUT2D eigenvalue weighted by molar-refractivity contribution is -0.0790. The van der Waals surface area contributed by atoms with Crippen molar-refractivity contribution in [2.24, 2.45) is 0 Å². The van der Waals surface area contributed by atoms with Crippen LogP contribution in [0.5, 0.6) is 0 Å². The number of aromatic amines is 1. The van der Waals surface area contributed by atoms with Gasteiger partial charge in [0.1, 0.15) is 11.9 Å². The Labute approximate surface area is 161 Å². The molecule has 2 aliphatic heterocycles. The third-order valence-corrected chi connectivity index (χ3v) is 6.15. The van der Waals surface area contributed by atoms with Gasteiger partial charge in [-0.05, 0) is 30.9 Å². The smallest absolute Gasteiger partial charge is 0.252 e. The first-order valence-electron chi connectivity index (χ1n) is 9.81. The second-order valence-corrected chi connectivity index (χ2v) is 7.69. The molecular weight excluding hydrogens is 354 g/mol. The summed E-state index contributed by atoms with van der Waals surface area (Å²) in [4.78, 5) is 19.1. The minimum atomic E-state index is -0.241. The van der Waals surface area contributed by atoms with Crippen molar-refractivity contribution in [3.8, 4) is 0 Å². The Bertz CT molecular complexity index is 1190. The number of nitrogens with zero attached hydrogens (tertiary/aromatic N) is 4. The topological polar surface area (TPSA) is 80.1 Å². The summed E-state index contributed by atoms with van der Waals surface area (Å²) < 4.78 is 12.0. The molecule has 2 aliphatic rings. The molecule has 0 bridgehead atoms. The summed E-state index contributed by atoms with van der Waals surface area (Å²) >= 11 is 0. The quantitative estimate of drug-likeness (QED) is 0.549. The number of piperidine rings is 1. The molecule has 1 spiro atoms. The molecule has 3 aromatic heterocycles. The highest BCUT2D eigenvalue weighted by Gasteiger charge is 2.43. The molecule has 28 heavy (non-hydrogen) atoms. The number of nitrogens with one attached hydrogen (secondary N) is 1. The van der Waals surface area contributed by atoms with E-state index >= 15 is 0 Å². The van der Waals surface area contributed by atoms with Gasteiger partial charge in [0.15, 0.2) is 17.2 Å². The van der Waals surface area contributed by atoms with E-state index in [-0.39, 0.29) is 5.60 Å². The van der Waals surface area contributed by atoms with E-state index in [1.165, 1.54) is 22.2 Å². The van der Waals surface area contributed by atoms with E-state index in [2.05, 4.69) is 49.1 Å². The molecule has 6 rings (SSSR count). The number of para-hydroxylation sites is 1. The molecule has 0 radical (unpaired) electrons. The normalized spacial score (nSPS) is 18.8. The summed E-state index contributed by atoms with van der Waals surface area (Å²) in [5, 5.41) is 1.33. The van der Waals surface area contributed by atoms with Crippen LogP contribution in [0.2, 0.25) is 0 Å². The SMILES string of the molecule is Cc1nc2c(N3CCC4(CC3)OCCc3c4[nH]c4ccccc34)ncnc2o1. The lowest BCUT2D eigenvalue weighted by atomic mass is 9.83. The Balaban J connectivity index is 1.35. The van der Waals surface area contributed by atoms with Crippen LogP contribution in [0.1, 0.15) is 30.0 Å². The summed E-state index contributed by atoms with van der Waals surface area (Å²) in [5.41, 5.74) is 4.95. The predicted octanol–water partition coefficient (Wildman–Crippen LogP) is 3.48. The van der Waals surface area contributed by atoms with Crippen LogP contribution >= 0.6 is 0 Å². The molecule has 5 heterocycles. The number of hydrogen-bond donors (Lipinski definition) is 1. The van der Waals surface area contributed by atoms with Crippen molar-refractivity contribution in [1.29, 1.82) is 0 Å². The van der Waals surface area contributed by atoms with Crippen molar-refractivity contribution in [1.82, 2.24) is 19.9 Å². The van der Waals surface area contributed by atoms with Crippen molar-refractivity contribution in [3.05, 3.63) is 47.7 Å². The molecular formula is C21H21N5O2. The van der Waals surface area contributed by atoms with E-state index in [0.717, 1.165) is 50.3 Å². The van der Waals surface area contributed by atoms with Gasteiger partial charge >= 0.3 is 0 Å².